The number of rotatable bonds is 2. The molecular formula is C10H6O6S2-2. The topological polar surface area (TPSA) is 114 Å². The Morgan fingerprint density at radius 1 is 0.667 bits per heavy atom. The summed E-state index contributed by atoms with van der Waals surface area (Å²) >= 11 is 0. The van der Waals surface area contributed by atoms with Crippen molar-refractivity contribution in [2.24, 2.45) is 0 Å². The van der Waals surface area contributed by atoms with E-state index >= 15 is 0 Å². The van der Waals surface area contributed by atoms with Gasteiger partial charge >= 0.3 is 0 Å². The quantitative estimate of drug-likeness (QED) is 0.748. The second-order valence-electron chi connectivity index (χ2n) is 3.58. The molecule has 8 heteroatoms. The lowest BCUT2D eigenvalue weighted by Gasteiger charge is -2.10. The molecule has 0 amide bonds. The molecule has 2 aromatic rings. The van der Waals surface area contributed by atoms with Crippen molar-refractivity contribution >= 4 is 31.0 Å². The fourth-order valence-corrected chi connectivity index (χ4v) is 2.52. The molecule has 0 aromatic heterocycles. The standard InChI is InChI=1S/C10H8O6S2/c11-17(12,13)9-3-1-7-5-10(18(14,15)16)4-2-8(7)6-9/h1-6H,(H,11,12,13)(H,14,15,16)/p-2. The van der Waals surface area contributed by atoms with Crippen molar-refractivity contribution in [3.63, 3.8) is 0 Å². The van der Waals surface area contributed by atoms with Gasteiger partial charge in [-0.15, -0.1) is 0 Å². The third-order valence-corrected chi connectivity index (χ3v) is 4.02. The molecule has 0 fully saturated rings. The Balaban J connectivity index is 2.70. The van der Waals surface area contributed by atoms with E-state index in [2.05, 4.69) is 0 Å². The van der Waals surface area contributed by atoms with E-state index in [9.17, 15) is 25.9 Å². The van der Waals surface area contributed by atoms with Crippen LogP contribution in [0.3, 0.4) is 0 Å². The number of fused-ring (bicyclic) bond motifs is 1. The van der Waals surface area contributed by atoms with Gasteiger partial charge in [0.2, 0.25) is 0 Å². The lowest BCUT2D eigenvalue weighted by Crippen LogP contribution is -1.99. The molecule has 0 aliphatic rings. The summed E-state index contributed by atoms with van der Waals surface area (Å²) in [5.41, 5.74) is 0. The molecule has 0 saturated heterocycles. The van der Waals surface area contributed by atoms with Crippen LogP contribution in [0.4, 0.5) is 0 Å². The van der Waals surface area contributed by atoms with E-state index in [1.165, 1.54) is 12.1 Å². The summed E-state index contributed by atoms with van der Waals surface area (Å²) in [6, 6.07) is 6.92. The molecule has 0 atom stereocenters. The fourth-order valence-electron chi connectivity index (χ4n) is 1.51. The van der Waals surface area contributed by atoms with Crippen LogP contribution in [0.2, 0.25) is 0 Å². The first-order chi connectivity index (χ1) is 8.18. The average Bonchev–Trinajstić information content (AvgIpc) is 2.25. The molecule has 0 bridgehead atoms. The molecule has 18 heavy (non-hydrogen) atoms. The predicted octanol–water partition coefficient (Wildman–Crippen LogP) is 0.648. The molecule has 0 saturated carbocycles. The average molecular weight is 286 g/mol. The summed E-state index contributed by atoms with van der Waals surface area (Å²) in [5, 5.41) is 0.721. The minimum atomic E-state index is -4.56. The summed E-state index contributed by atoms with van der Waals surface area (Å²) in [4.78, 5) is -0.819. The minimum Gasteiger partial charge on any atom is -0.744 e. The Bertz CT molecular complexity index is 749. The first-order valence-electron chi connectivity index (χ1n) is 4.63. The molecule has 0 radical (unpaired) electrons. The highest BCUT2D eigenvalue weighted by Gasteiger charge is 2.05. The summed E-state index contributed by atoms with van der Waals surface area (Å²) in [5.74, 6) is 0. The van der Waals surface area contributed by atoms with Crippen LogP contribution in [0.25, 0.3) is 10.8 Å². The summed E-state index contributed by atoms with van der Waals surface area (Å²) in [6.45, 7) is 0. The van der Waals surface area contributed by atoms with Gasteiger partial charge in [0, 0.05) is 0 Å². The normalized spacial score (nSPS) is 12.8. The molecule has 0 spiro atoms. The van der Waals surface area contributed by atoms with Gasteiger partial charge in [-0.3, -0.25) is 0 Å². The second kappa shape index (κ2) is 4.02. The van der Waals surface area contributed by atoms with Crippen LogP contribution in [-0.4, -0.2) is 25.9 Å². The predicted molar refractivity (Wildman–Crippen MR) is 59.9 cm³/mol. The van der Waals surface area contributed by atoms with Crippen LogP contribution >= 0.6 is 0 Å². The Morgan fingerprint density at radius 3 is 1.28 bits per heavy atom. The third-order valence-electron chi connectivity index (χ3n) is 2.36. The van der Waals surface area contributed by atoms with Gasteiger partial charge in [-0.1, -0.05) is 12.1 Å². The van der Waals surface area contributed by atoms with E-state index in [1.807, 2.05) is 0 Å². The third kappa shape index (κ3) is 2.51. The van der Waals surface area contributed by atoms with Crippen molar-refractivity contribution in [3.05, 3.63) is 36.4 Å². The fraction of sp³-hybridized carbons (Fsp3) is 0. The molecule has 0 aliphatic heterocycles. The minimum absolute atomic E-state index is 0.360. The highest BCUT2D eigenvalue weighted by atomic mass is 32.2. The largest absolute Gasteiger partial charge is 0.744 e. The van der Waals surface area contributed by atoms with E-state index in [-0.39, 0.29) is 0 Å². The van der Waals surface area contributed by atoms with Gasteiger partial charge in [0.15, 0.2) is 0 Å². The van der Waals surface area contributed by atoms with E-state index in [1.54, 1.807) is 0 Å². The molecule has 2 rings (SSSR count). The van der Waals surface area contributed by atoms with Gasteiger partial charge in [0.25, 0.3) is 0 Å². The van der Waals surface area contributed by atoms with Crippen molar-refractivity contribution in [2.75, 3.05) is 0 Å². The second-order valence-corrected chi connectivity index (χ2v) is 6.34. The zero-order valence-electron chi connectivity index (χ0n) is 8.73. The number of hydrogen-bond acceptors (Lipinski definition) is 6. The number of hydrogen-bond donors (Lipinski definition) is 0. The Labute approximate surface area is 103 Å². The van der Waals surface area contributed by atoms with E-state index < -0.39 is 30.0 Å². The Hall–Kier alpha value is -1.48. The summed E-state index contributed by atoms with van der Waals surface area (Å²) < 4.78 is 64.8. The van der Waals surface area contributed by atoms with E-state index in [4.69, 9.17) is 0 Å². The Kier molecular flexibility index (Phi) is 2.90. The van der Waals surface area contributed by atoms with Crippen molar-refractivity contribution in [1.82, 2.24) is 0 Å². The molecule has 2 aromatic carbocycles. The van der Waals surface area contributed by atoms with Crippen LogP contribution in [0.1, 0.15) is 0 Å². The lowest BCUT2D eigenvalue weighted by molar-refractivity contribution is 0.460. The molecule has 0 heterocycles. The smallest absolute Gasteiger partial charge is 0.124 e. The lowest BCUT2D eigenvalue weighted by atomic mass is 10.1. The first-order valence-corrected chi connectivity index (χ1v) is 7.45. The molecule has 96 valence electrons. The zero-order chi connectivity index (χ0) is 13.6. The first kappa shape index (κ1) is 13.0. The van der Waals surface area contributed by atoms with Crippen LogP contribution in [0.15, 0.2) is 46.2 Å². The Morgan fingerprint density at radius 2 is 1.00 bits per heavy atom. The van der Waals surface area contributed by atoms with Crippen LogP contribution in [0, 0.1) is 0 Å². The SMILES string of the molecule is O=S(=O)([O-])c1ccc2cc(S(=O)(=O)[O-])ccc2c1. The van der Waals surface area contributed by atoms with Gasteiger partial charge in [-0.05, 0) is 35.0 Å². The van der Waals surface area contributed by atoms with Gasteiger partial charge in [0.1, 0.15) is 20.2 Å². The zero-order valence-corrected chi connectivity index (χ0v) is 10.4. The van der Waals surface area contributed by atoms with Crippen LogP contribution in [0.5, 0.6) is 0 Å². The van der Waals surface area contributed by atoms with Crippen LogP contribution < -0.4 is 0 Å². The highest BCUT2D eigenvalue weighted by Crippen LogP contribution is 2.22. The summed E-state index contributed by atoms with van der Waals surface area (Å²) in [6.07, 6.45) is 0. The maximum atomic E-state index is 10.8. The van der Waals surface area contributed by atoms with Gasteiger partial charge in [-0.2, -0.15) is 0 Å². The van der Waals surface area contributed by atoms with Gasteiger partial charge in [-0.25, -0.2) is 16.8 Å². The van der Waals surface area contributed by atoms with E-state index in [0.29, 0.717) is 10.8 Å². The maximum absolute atomic E-state index is 10.8. The molecular weight excluding hydrogens is 280 g/mol. The van der Waals surface area contributed by atoms with E-state index in [0.717, 1.165) is 24.3 Å². The van der Waals surface area contributed by atoms with Crippen molar-refractivity contribution in [3.8, 4) is 0 Å². The molecule has 0 unspecified atom stereocenters. The van der Waals surface area contributed by atoms with Gasteiger partial charge in [0.05, 0.1) is 9.79 Å². The summed E-state index contributed by atoms with van der Waals surface area (Å²) in [7, 11) is -9.13. The molecule has 6 nitrogen and oxygen atoms in total. The monoisotopic (exact) mass is 286 g/mol. The van der Waals surface area contributed by atoms with Gasteiger partial charge < -0.3 is 9.11 Å². The van der Waals surface area contributed by atoms with Crippen molar-refractivity contribution < 1.29 is 25.9 Å². The highest BCUT2D eigenvalue weighted by molar-refractivity contribution is 7.86. The number of benzene rings is 2. The van der Waals surface area contributed by atoms with Crippen molar-refractivity contribution in [1.29, 1.82) is 0 Å². The van der Waals surface area contributed by atoms with Crippen molar-refractivity contribution in [2.45, 2.75) is 9.79 Å². The van der Waals surface area contributed by atoms with Crippen LogP contribution in [-0.2, 0) is 20.2 Å². The molecule has 0 N–H and O–H groups in total. The molecule has 0 aliphatic carbocycles. The maximum Gasteiger partial charge on any atom is 0.124 e.